The third-order valence-corrected chi connectivity index (χ3v) is 6.71. The van der Waals surface area contributed by atoms with E-state index in [4.69, 9.17) is 0 Å². The molecule has 0 unspecified atom stereocenters. The van der Waals surface area contributed by atoms with Gasteiger partial charge >= 0.3 is 0 Å². The summed E-state index contributed by atoms with van der Waals surface area (Å²) in [4.78, 5) is 30.4. The zero-order chi connectivity index (χ0) is 18.4. The average Bonchev–Trinajstić information content (AvgIpc) is 3.29. The van der Waals surface area contributed by atoms with E-state index in [1.807, 2.05) is 41.3 Å². The number of aromatic amines is 1. The first-order chi connectivity index (χ1) is 13.2. The van der Waals surface area contributed by atoms with Gasteiger partial charge in [0.2, 0.25) is 0 Å². The number of nitrogens with one attached hydrogen (secondary N) is 1. The Hall–Kier alpha value is -2.45. The summed E-state index contributed by atoms with van der Waals surface area (Å²) in [6.45, 7) is 2.88. The smallest absolute Gasteiger partial charge is 0.271 e. The van der Waals surface area contributed by atoms with Crippen LogP contribution in [-0.4, -0.2) is 51.9 Å². The number of H-pyrrole nitrogens is 1. The van der Waals surface area contributed by atoms with Crippen molar-refractivity contribution in [1.82, 2.24) is 19.9 Å². The lowest BCUT2D eigenvalue weighted by Crippen LogP contribution is -2.49. The van der Waals surface area contributed by atoms with Gasteiger partial charge in [-0.1, -0.05) is 29.5 Å². The number of anilines is 1. The number of piperazine rings is 1. The van der Waals surface area contributed by atoms with Crippen LogP contribution in [0.4, 0.5) is 5.13 Å². The first-order valence-corrected chi connectivity index (χ1v) is 10.3. The van der Waals surface area contributed by atoms with Crippen LogP contribution in [0.3, 0.4) is 0 Å². The van der Waals surface area contributed by atoms with E-state index >= 15 is 0 Å². The van der Waals surface area contributed by atoms with Crippen molar-refractivity contribution in [3.8, 4) is 0 Å². The summed E-state index contributed by atoms with van der Waals surface area (Å²) in [5.41, 5.74) is 2.51. The molecule has 0 atom stereocenters. The molecule has 6 nitrogen and oxygen atoms in total. The molecule has 4 aromatic rings. The molecule has 136 valence electrons. The highest BCUT2D eigenvalue weighted by molar-refractivity contribution is 9.10. The molecule has 1 amide bonds. The fourth-order valence-electron chi connectivity index (χ4n) is 3.41. The topological polar surface area (TPSA) is 65.1 Å². The monoisotopic (exact) mass is 441 g/mol. The van der Waals surface area contributed by atoms with Crippen LogP contribution >= 0.6 is 27.3 Å². The minimum atomic E-state index is 0.0312. The molecule has 0 aliphatic carbocycles. The quantitative estimate of drug-likeness (QED) is 0.512. The number of nitrogens with zero attached hydrogens (tertiary/aromatic N) is 4. The van der Waals surface area contributed by atoms with Crippen molar-refractivity contribution in [3.05, 3.63) is 52.8 Å². The lowest BCUT2D eigenvalue weighted by molar-refractivity contribution is 0.0741. The van der Waals surface area contributed by atoms with Crippen LogP contribution in [0.1, 0.15) is 10.5 Å². The summed E-state index contributed by atoms with van der Waals surface area (Å²) in [5.74, 6) is 0.0312. The Morgan fingerprint density at radius 2 is 1.93 bits per heavy atom. The molecule has 1 N–H and O–H groups in total. The van der Waals surface area contributed by atoms with Crippen molar-refractivity contribution in [2.24, 2.45) is 0 Å². The van der Waals surface area contributed by atoms with Gasteiger partial charge in [-0.15, -0.1) is 0 Å². The number of thiazole rings is 1. The highest BCUT2D eigenvalue weighted by atomic mass is 79.9. The lowest BCUT2D eigenvalue weighted by atomic mass is 10.2. The normalized spacial score (nSPS) is 15.0. The first-order valence-electron chi connectivity index (χ1n) is 8.73. The molecule has 1 aliphatic heterocycles. The third kappa shape index (κ3) is 2.89. The van der Waals surface area contributed by atoms with Gasteiger partial charge in [-0.2, -0.15) is 0 Å². The Labute approximate surface area is 168 Å². The van der Waals surface area contributed by atoms with Gasteiger partial charge in [-0.05, 0) is 34.1 Å². The zero-order valence-corrected chi connectivity index (χ0v) is 16.8. The number of benzene rings is 1. The van der Waals surface area contributed by atoms with E-state index < -0.39 is 0 Å². The molecule has 0 spiro atoms. The summed E-state index contributed by atoms with van der Waals surface area (Å²) in [5, 5.41) is 2.00. The minimum Gasteiger partial charge on any atom is -0.350 e. The Kier molecular flexibility index (Phi) is 4.09. The standard InChI is InChI=1S/C19H16BrN5OS/c20-15-12-4-1-2-5-13(12)22-16(15)18(26)24-8-10-25(11-9-24)19-23-14-6-3-7-21-17(14)27-19/h1-7,22H,8-11H2. The van der Waals surface area contributed by atoms with Crippen LogP contribution in [0.5, 0.6) is 0 Å². The maximum Gasteiger partial charge on any atom is 0.271 e. The maximum atomic E-state index is 13.0. The Morgan fingerprint density at radius 1 is 1.11 bits per heavy atom. The number of hydrogen-bond donors (Lipinski definition) is 1. The summed E-state index contributed by atoms with van der Waals surface area (Å²) in [6, 6.07) is 11.8. The molecule has 5 rings (SSSR count). The number of pyridine rings is 1. The van der Waals surface area contributed by atoms with E-state index in [0.717, 1.165) is 43.9 Å². The SMILES string of the molecule is O=C(c1[nH]c2ccccc2c1Br)N1CCN(c2nc3cccnc3s2)CC1. The minimum absolute atomic E-state index is 0.0312. The highest BCUT2D eigenvalue weighted by Gasteiger charge is 2.26. The molecular weight excluding hydrogens is 426 g/mol. The molecule has 0 saturated carbocycles. The van der Waals surface area contributed by atoms with Crippen molar-refractivity contribution < 1.29 is 4.79 Å². The zero-order valence-electron chi connectivity index (χ0n) is 14.4. The highest BCUT2D eigenvalue weighted by Crippen LogP contribution is 2.30. The summed E-state index contributed by atoms with van der Waals surface area (Å²) in [7, 11) is 0. The Balaban J connectivity index is 1.33. The molecule has 1 aromatic carbocycles. The second-order valence-corrected chi connectivity index (χ2v) is 8.21. The van der Waals surface area contributed by atoms with E-state index in [2.05, 4.69) is 35.8 Å². The number of carbonyl (C=O) groups is 1. The average molecular weight is 442 g/mol. The predicted molar refractivity (Wildman–Crippen MR) is 112 cm³/mol. The summed E-state index contributed by atoms with van der Waals surface area (Å²) >= 11 is 5.18. The van der Waals surface area contributed by atoms with Crippen LogP contribution in [0.15, 0.2) is 47.1 Å². The van der Waals surface area contributed by atoms with Crippen molar-refractivity contribution >= 4 is 59.6 Å². The predicted octanol–water partition coefficient (Wildman–Crippen LogP) is 3.90. The van der Waals surface area contributed by atoms with Gasteiger partial charge in [0.15, 0.2) is 5.13 Å². The van der Waals surface area contributed by atoms with Gasteiger partial charge < -0.3 is 14.8 Å². The largest absolute Gasteiger partial charge is 0.350 e. The van der Waals surface area contributed by atoms with Crippen molar-refractivity contribution in [2.45, 2.75) is 0 Å². The number of para-hydroxylation sites is 1. The third-order valence-electron chi connectivity index (χ3n) is 4.85. The molecule has 0 bridgehead atoms. The fraction of sp³-hybridized carbons (Fsp3) is 0.211. The van der Waals surface area contributed by atoms with Crippen LogP contribution < -0.4 is 4.90 Å². The van der Waals surface area contributed by atoms with Gasteiger partial charge in [0.25, 0.3) is 5.91 Å². The van der Waals surface area contributed by atoms with E-state index in [0.29, 0.717) is 18.8 Å². The van der Waals surface area contributed by atoms with Crippen molar-refractivity contribution in [1.29, 1.82) is 0 Å². The van der Waals surface area contributed by atoms with E-state index in [1.165, 1.54) is 0 Å². The van der Waals surface area contributed by atoms with Gasteiger partial charge in [0.05, 0.1) is 4.47 Å². The number of carbonyl (C=O) groups excluding carboxylic acids is 1. The van der Waals surface area contributed by atoms with Crippen LogP contribution in [0, 0.1) is 0 Å². The second kappa shape index (κ2) is 6.61. The molecule has 4 heterocycles. The fourth-order valence-corrected chi connectivity index (χ4v) is 4.98. The summed E-state index contributed by atoms with van der Waals surface area (Å²) in [6.07, 6.45) is 1.79. The van der Waals surface area contributed by atoms with Crippen LogP contribution in [-0.2, 0) is 0 Å². The van der Waals surface area contributed by atoms with E-state index in [9.17, 15) is 4.79 Å². The summed E-state index contributed by atoms with van der Waals surface area (Å²) < 4.78 is 0.836. The number of aromatic nitrogens is 3. The molecule has 0 radical (unpaired) electrons. The van der Waals surface area contributed by atoms with E-state index in [1.54, 1.807) is 17.5 Å². The van der Waals surface area contributed by atoms with Crippen LogP contribution in [0.25, 0.3) is 21.3 Å². The molecule has 3 aromatic heterocycles. The van der Waals surface area contributed by atoms with E-state index in [-0.39, 0.29) is 5.91 Å². The molecule has 1 fully saturated rings. The molecule has 27 heavy (non-hydrogen) atoms. The van der Waals surface area contributed by atoms with Gasteiger partial charge in [-0.3, -0.25) is 4.79 Å². The van der Waals surface area contributed by atoms with Gasteiger partial charge in [0, 0.05) is 43.3 Å². The maximum absolute atomic E-state index is 13.0. The van der Waals surface area contributed by atoms with Crippen molar-refractivity contribution in [3.63, 3.8) is 0 Å². The second-order valence-electron chi connectivity index (χ2n) is 6.46. The molecular formula is C19H16BrN5OS. The number of halogens is 1. The molecule has 1 saturated heterocycles. The van der Waals surface area contributed by atoms with Crippen LogP contribution in [0.2, 0.25) is 0 Å². The Bertz CT molecular complexity index is 1110. The number of fused-ring (bicyclic) bond motifs is 2. The molecule has 8 heteroatoms. The first kappa shape index (κ1) is 16.7. The van der Waals surface area contributed by atoms with Crippen molar-refractivity contribution in [2.75, 3.05) is 31.1 Å². The molecule has 1 aliphatic rings. The number of amides is 1. The van der Waals surface area contributed by atoms with Gasteiger partial charge in [0.1, 0.15) is 16.0 Å². The lowest BCUT2D eigenvalue weighted by Gasteiger charge is -2.34. The Morgan fingerprint density at radius 3 is 2.70 bits per heavy atom. The number of rotatable bonds is 2. The van der Waals surface area contributed by atoms with Gasteiger partial charge in [-0.25, -0.2) is 9.97 Å². The number of hydrogen-bond acceptors (Lipinski definition) is 5.